The van der Waals surface area contributed by atoms with E-state index in [9.17, 15) is 5.11 Å². The van der Waals surface area contributed by atoms with Gasteiger partial charge in [0.05, 0.1) is 5.38 Å². The smallest absolute Gasteiger partial charge is 0.221 e. The van der Waals surface area contributed by atoms with E-state index < -0.39 is 0 Å². The number of hydrogen-bond donors (Lipinski definition) is 1. The molecular weight excluding hydrogens is 346 g/mol. The SMILES string of the molecule is CCCCCCCCCCCc1nnc(-n2c(O)csc2=S)s1. The molecule has 0 aromatic carbocycles. The summed E-state index contributed by atoms with van der Waals surface area (Å²) in [5, 5.41) is 21.5. The van der Waals surface area contributed by atoms with Gasteiger partial charge in [-0.25, -0.2) is 4.57 Å². The Balaban J connectivity index is 1.65. The van der Waals surface area contributed by atoms with Crippen molar-refractivity contribution in [2.24, 2.45) is 0 Å². The Morgan fingerprint density at radius 1 is 1.04 bits per heavy atom. The molecule has 2 heterocycles. The number of aromatic hydroxyl groups is 1. The molecule has 0 unspecified atom stereocenters. The lowest BCUT2D eigenvalue weighted by atomic mass is 10.1. The Morgan fingerprint density at radius 2 is 1.70 bits per heavy atom. The second-order valence-corrected chi connectivity index (χ2v) is 8.30. The van der Waals surface area contributed by atoms with Gasteiger partial charge in [0.1, 0.15) is 5.01 Å². The molecule has 0 aliphatic heterocycles. The number of aryl methyl sites for hydroxylation is 1. The first-order valence-electron chi connectivity index (χ1n) is 8.44. The predicted octanol–water partition coefficient (Wildman–Crippen LogP) is 5.90. The first-order chi connectivity index (χ1) is 11.2. The van der Waals surface area contributed by atoms with Gasteiger partial charge in [-0.15, -0.1) is 21.5 Å². The van der Waals surface area contributed by atoms with Crippen molar-refractivity contribution in [1.82, 2.24) is 14.8 Å². The van der Waals surface area contributed by atoms with Crippen molar-refractivity contribution >= 4 is 34.9 Å². The van der Waals surface area contributed by atoms with E-state index in [0.29, 0.717) is 9.09 Å². The van der Waals surface area contributed by atoms with Gasteiger partial charge in [-0.2, -0.15) is 0 Å². The Morgan fingerprint density at radius 3 is 2.30 bits per heavy atom. The van der Waals surface area contributed by atoms with E-state index in [1.807, 2.05) is 0 Å². The molecule has 23 heavy (non-hydrogen) atoms. The number of nitrogens with zero attached hydrogens (tertiary/aromatic N) is 3. The number of rotatable bonds is 11. The molecule has 0 amide bonds. The van der Waals surface area contributed by atoms with Crippen LogP contribution in [0.1, 0.15) is 69.7 Å². The lowest BCUT2D eigenvalue weighted by Crippen LogP contribution is -1.91. The van der Waals surface area contributed by atoms with E-state index in [0.717, 1.165) is 17.8 Å². The summed E-state index contributed by atoms with van der Waals surface area (Å²) in [6.45, 7) is 2.26. The Kier molecular flexibility index (Phi) is 8.19. The van der Waals surface area contributed by atoms with E-state index in [4.69, 9.17) is 12.2 Å². The maximum absolute atomic E-state index is 9.79. The molecule has 0 saturated heterocycles. The largest absolute Gasteiger partial charge is 0.494 e. The summed E-state index contributed by atoms with van der Waals surface area (Å²) in [5.74, 6) is 0.144. The third kappa shape index (κ3) is 5.97. The van der Waals surface area contributed by atoms with Gasteiger partial charge in [0.25, 0.3) is 0 Å². The molecule has 0 atom stereocenters. The zero-order valence-electron chi connectivity index (χ0n) is 13.7. The highest BCUT2D eigenvalue weighted by Crippen LogP contribution is 2.25. The average molecular weight is 372 g/mol. The molecule has 1 N–H and O–H groups in total. The van der Waals surface area contributed by atoms with Gasteiger partial charge < -0.3 is 5.11 Å². The highest BCUT2D eigenvalue weighted by atomic mass is 32.1. The van der Waals surface area contributed by atoms with Crippen LogP contribution in [0.4, 0.5) is 0 Å². The lowest BCUT2D eigenvalue weighted by molar-refractivity contribution is 0.441. The van der Waals surface area contributed by atoms with Crippen molar-refractivity contribution < 1.29 is 5.11 Å². The fourth-order valence-electron chi connectivity index (χ4n) is 2.50. The summed E-state index contributed by atoms with van der Waals surface area (Å²) in [6.07, 6.45) is 12.9. The number of hydrogen-bond acceptors (Lipinski definition) is 6. The topological polar surface area (TPSA) is 50.9 Å². The van der Waals surface area contributed by atoms with E-state index in [1.165, 1.54) is 74.0 Å². The molecule has 0 spiro atoms. The van der Waals surface area contributed by atoms with Gasteiger partial charge in [-0.1, -0.05) is 69.6 Å². The Bertz CT molecular complexity index is 633. The van der Waals surface area contributed by atoms with Crippen LogP contribution in [0.3, 0.4) is 0 Å². The van der Waals surface area contributed by atoms with E-state index in [2.05, 4.69) is 17.1 Å². The highest BCUT2D eigenvalue weighted by Gasteiger charge is 2.11. The molecule has 0 bridgehead atoms. The molecule has 0 radical (unpaired) electrons. The minimum Gasteiger partial charge on any atom is -0.494 e. The van der Waals surface area contributed by atoms with Gasteiger partial charge in [0, 0.05) is 6.42 Å². The van der Waals surface area contributed by atoms with Gasteiger partial charge >= 0.3 is 0 Å². The maximum atomic E-state index is 9.79. The summed E-state index contributed by atoms with van der Waals surface area (Å²) in [6, 6.07) is 0. The molecule has 7 heteroatoms. The van der Waals surface area contributed by atoms with Crippen LogP contribution < -0.4 is 0 Å². The first-order valence-corrected chi connectivity index (χ1v) is 10.5. The molecule has 0 aliphatic carbocycles. The zero-order valence-corrected chi connectivity index (χ0v) is 16.1. The van der Waals surface area contributed by atoms with Crippen LogP contribution in [-0.4, -0.2) is 19.9 Å². The molecular formula is C16H25N3OS3. The quantitative estimate of drug-likeness (QED) is 0.395. The van der Waals surface area contributed by atoms with Crippen LogP contribution in [0.5, 0.6) is 5.88 Å². The van der Waals surface area contributed by atoms with Gasteiger partial charge in [-0.3, -0.25) is 0 Å². The van der Waals surface area contributed by atoms with Crippen molar-refractivity contribution in [3.8, 4) is 11.0 Å². The molecule has 0 saturated carbocycles. The van der Waals surface area contributed by atoms with Crippen LogP contribution in [-0.2, 0) is 6.42 Å². The number of unbranched alkanes of at least 4 members (excludes halogenated alkanes) is 8. The van der Waals surface area contributed by atoms with Crippen molar-refractivity contribution in [2.45, 2.75) is 71.1 Å². The summed E-state index contributed by atoms with van der Waals surface area (Å²) in [5.41, 5.74) is 0. The van der Waals surface area contributed by atoms with Gasteiger partial charge in [0.2, 0.25) is 11.0 Å². The summed E-state index contributed by atoms with van der Waals surface area (Å²) in [7, 11) is 0. The fraction of sp³-hybridized carbons (Fsp3) is 0.688. The van der Waals surface area contributed by atoms with Gasteiger partial charge in [-0.05, 0) is 18.6 Å². The van der Waals surface area contributed by atoms with Crippen molar-refractivity contribution in [1.29, 1.82) is 0 Å². The predicted molar refractivity (Wildman–Crippen MR) is 101 cm³/mol. The third-order valence-corrected chi connectivity index (χ3v) is 5.97. The standard InChI is InChI=1S/C16H25N3OS3/c1-2-3-4-5-6-7-8-9-10-11-13-17-18-15(23-13)19-14(20)12-22-16(19)21/h12,20H,2-11H2,1H3. The fourth-order valence-corrected chi connectivity index (χ4v) is 4.43. The normalized spacial score (nSPS) is 11.2. The van der Waals surface area contributed by atoms with Crippen molar-refractivity contribution in [2.75, 3.05) is 0 Å². The average Bonchev–Trinajstić information content (AvgIpc) is 3.12. The molecule has 0 aliphatic rings. The van der Waals surface area contributed by atoms with Crippen LogP contribution >= 0.6 is 34.9 Å². The van der Waals surface area contributed by atoms with Crippen molar-refractivity contribution in [3.63, 3.8) is 0 Å². The van der Waals surface area contributed by atoms with Crippen molar-refractivity contribution in [3.05, 3.63) is 14.3 Å². The van der Waals surface area contributed by atoms with Crippen LogP contribution in [0.25, 0.3) is 5.13 Å². The van der Waals surface area contributed by atoms with E-state index >= 15 is 0 Å². The van der Waals surface area contributed by atoms with Crippen LogP contribution in [0, 0.1) is 3.95 Å². The Hall–Kier alpha value is -0.790. The van der Waals surface area contributed by atoms with E-state index in [1.54, 1.807) is 9.95 Å². The van der Waals surface area contributed by atoms with Crippen LogP contribution in [0.15, 0.2) is 5.38 Å². The second kappa shape index (κ2) is 10.2. The van der Waals surface area contributed by atoms with Gasteiger partial charge in [0.15, 0.2) is 3.95 Å². The summed E-state index contributed by atoms with van der Waals surface area (Å²) < 4.78 is 2.19. The third-order valence-electron chi connectivity index (χ3n) is 3.82. The monoisotopic (exact) mass is 371 g/mol. The molecule has 128 valence electrons. The summed E-state index contributed by atoms with van der Waals surface area (Å²) in [4.78, 5) is 0. The second-order valence-electron chi connectivity index (χ2n) is 5.75. The van der Waals surface area contributed by atoms with E-state index in [-0.39, 0.29) is 5.88 Å². The Labute approximate surface area is 151 Å². The number of thiazole rings is 1. The first kappa shape index (κ1) is 18.5. The number of aromatic nitrogens is 3. The molecule has 2 aromatic rings. The van der Waals surface area contributed by atoms with Crippen LogP contribution in [0.2, 0.25) is 0 Å². The molecule has 0 fully saturated rings. The molecule has 2 rings (SSSR count). The highest BCUT2D eigenvalue weighted by molar-refractivity contribution is 7.73. The molecule has 2 aromatic heterocycles. The minimum absolute atomic E-state index is 0.144. The maximum Gasteiger partial charge on any atom is 0.221 e. The lowest BCUT2D eigenvalue weighted by Gasteiger charge is -2.00. The summed E-state index contributed by atoms with van der Waals surface area (Å²) >= 11 is 8.05. The zero-order chi connectivity index (χ0) is 16.5. The minimum atomic E-state index is 0.144. The molecule has 4 nitrogen and oxygen atoms in total.